The fourth-order valence-corrected chi connectivity index (χ4v) is 2.43. The van der Waals surface area contributed by atoms with Crippen LogP contribution in [0.25, 0.3) is 11.4 Å². The van der Waals surface area contributed by atoms with E-state index in [1.165, 1.54) is 11.8 Å². The zero-order valence-corrected chi connectivity index (χ0v) is 11.9. The first kappa shape index (κ1) is 13.1. The zero-order valence-electron chi connectivity index (χ0n) is 10.3. The lowest BCUT2D eigenvalue weighted by molar-refractivity contribution is 0.973. The molecule has 0 amide bonds. The second kappa shape index (κ2) is 6.02. The van der Waals surface area contributed by atoms with Crippen LogP contribution >= 0.6 is 23.4 Å². The Morgan fingerprint density at radius 3 is 2.90 bits per heavy atom. The summed E-state index contributed by atoms with van der Waals surface area (Å²) >= 11 is 7.28. The Balaban J connectivity index is 1.67. The molecule has 20 heavy (non-hydrogen) atoms. The maximum atomic E-state index is 5.75. The van der Waals surface area contributed by atoms with Gasteiger partial charge in [-0.15, -0.1) is 5.10 Å². The van der Waals surface area contributed by atoms with Crippen molar-refractivity contribution in [1.29, 1.82) is 0 Å². The number of thioether (sulfide) groups is 1. The molecule has 1 N–H and O–H groups in total. The van der Waals surface area contributed by atoms with Crippen LogP contribution in [0.2, 0.25) is 5.15 Å². The van der Waals surface area contributed by atoms with Gasteiger partial charge in [0.2, 0.25) is 5.16 Å². The number of nitrogens with zero attached hydrogens (tertiary/aromatic N) is 4. The second-order valence-corrected chi connectivity index (χ2v) is 5.32. The molecule has 3 aromatic rings. The van der Waals surface area contributed by atoms with E-state index in [-0.39, 0.29) is 0 Å². The molecule has 0 fully saturated rings. The minimum atomic E-state index is 0.496. The molecule has 3 heterocycles. The van der Waals surface area contributed by atoms with Gasteiger partial charge in [0.1, 0.15) is 5.15 Å². The molecule has 0 bridgehead atoms. The molecule has 0 saturated heterocycles. The van der Waals surface area contributed by atoms with Crippen molar-refractivity contribution in [2.45, 2.75) is 10.9 Å². The Morgan fingerprint density at radius 1 is 1.20 bits per heavy atom. The van der Waals surface area contributed by atoms with Crippen molar-refractivity contribution in [3.8, 4) is 11.4 Å². The molecule has 0 aliphatic heterocycles. The van der Waals surface area contributed by atoms with Gasteiger partial charge >= 0.3 is 0 Å². The summed E-state index contributed by atoms with van der Waals surface area (Å²) < 4.78 is 0. The molecule has 3 aromatic heterocycles. The van der Waals surface area contributed by atoms with Gasteiger partial charge in [-0.1, -0.05) is 29.4 Å². The Labute approximate surface area is 124 Å². The lowest BCUT2D eigenvalue weighted by atomic mass is 10.3. The lowest BCUT2D eigenvalue weighted by Crippen LogP contribution is -1.84. The van der Waals surface area contributed by atoms with Crippen LogP contribution < -0.4 is 0 Å². The number of nitrogens with one attached hydrogen (secondary N) is 1. The van der Waals surface area contributed by atoms with Gasteiger partial charge in [-0.25, -0.2) is 9.97 Å². The summed E-state index contributed by atoms with van der Waals surface area (Å²) in [5.74, 6) is 1.46. The number of aromatic nitrogens is 5. The largest absolute Gasteiger partial charge is 0.264 e. The van der Waals surface area contributed by atoms with Crippen molar-refractivity contribution in [3.63, 3.8) is 0 Å². The van der Waals surface area contributed by atoms with Gasteiger partial charge in [0.15, 0.2) is 5.82 Å². The Bertz CT molecular complexity index is 683. The van der Waals surface area contributed by atoms with Gasteiger partial charge < -0.3 is 0 Å². The molecule has 0 spiro atoms. The van der Waals surface area contributed by atoms with Crippen molar-refractivity contribution in [1.82, 2.24) is 25.1 Å². The molecule has 100 valence electrons. The van der Waals surface area contributed by atoms with Crippen molar-refractivity contribution in [3.05, 3.63) is 53.6 Å². The van der Waals surface area contributed by atoms with Crippen molar-refractivity contribution in [2.75, 3.05) is 0 Å². The predicted octanol–water partition coefficient (Wildman–Crippen LogP) is 3.21. The molecule has 0 aromatic carbocycles. The first-order valence-corrected chi connectivity index (χ1v) is 7.23. The minimum absolute atomic E-state index is 0.496. The first-order valence-electron chi connectivity index (χ1n) is 5.87. The third-order valence-corrected chi connectivity index (χ3v) is 3.70. The first-order chi connectivity index (χ1) is 9.81. The molecular formula is C13H10ClN5S. The van der Waals surface area contributed by atoms with Crippen LogP contribution in [0.3, 0.4) is 0 Å². The van der Waals surface area contributed by atoms with Crippen LogP contribution in [0.15, 0.2) is 48.0 Å². The highest BCUT2D eigenvalue weighted by Gasteiger charge is 2.06. The van der Waals surface area contributed by atoms with E-state index in [2.05, 4.69) is 25.1 Å². The van der Waals surface area contributed by atoms with E-state index < -0.39 is 0 Å². The van der Waals surface area contributed by atoms with Crippen molar-refractivity contribution >= 4 is 23.4 Å². The van der Waals surface area contributed by atoms with Crippen LogP contribution in [0.4, 0.5) is 0 Å². The van der Waals surface area contributed by atoms with E-state index >= 15 is 0 Å². The van der Waals surface area contributed by atoms with E-state index in [0.29, 0.717) is 10.3 Å². The molecule has 0 aliphatic rings. The highest BCUT2D eigenvalue weighted by atomic mass is 35.5. The normalized spacial score (nSPS) is 10.7. The van der Waals surface area contributed by atoms with E-state index in [4.69, 9.17) is 11.6 Å². The van der Waals surface area contributed by atoms with Crippen molar-refractivity contribution in [2.24, 2.45) is 0 Å². The van der Waals surface area contributed by atoms with E-state index in [9.17, 15) is 0 Å². The third-order valence-electron chi connectivity index (χ3n) is 2.56. The zero-order chi connectivity index (χ0) is 13.8. The average Bonchev–Trinajstić information content (AvgIpc) is 2.97. The van der Waals surface area contributed by atoms with Crippen LogP contribution in [-0.2, 0) is 5.75 Å². The highest BCUT2D eigenvalue weighted by Crippen LogP contribution is 2.21. The number of H-pyrrole nitrogens is 1. The summed E-state index contributed by atoms with van der Waals surface area (Å²) in [5, 5.41) is 8.28. The predicted molar refractivity (Wildman–Crippen MR) is 78.4 cm³/mol. The smallest absolute Gasteiger partial charge is 0.209 e. The van der Waals surface area contributed by atoms with E-state index in [0.717, 1.165) is 22.7 Å². The Morgan fingerprint density at radius 2 is 2.15 bits per heavy atom. The van der Waals surface area contributed by atoms with Crippen LogP contribution in [0, 0.1) is 0 Å². The lowest BCUT2D eigenvalue weighted by Gasteiger charge is -1.97. The topological polar surface area (TPSA) is 67.3 Å². The Kier molecular flexibility index (Phi) is 3.94. The number of hydrogen-bond acceptors (Lipinski definition) is 5. The average molecular weight is 304 g/mol. The summed E-state index contributed by atoms with van der Waals surface area (Å²) in [6.45, 7) is 0. The minimum Gasteiger partial charge on any atom is -0.264 e. The van der Waals surface area contributed by atoms with Gasteiger partial charge in [0, 0.05) is 29.9 Å². The van der Waals surface area contributed by atoms with Gasteiger partial charge in [0.05, 0.1) is 0 Å². The van der Waals surface area contributed by atoms with Crippen LogP contribution in [0.5, 0.6) is 0 Å². The number of rotatable bonds is 4. The monoisotopic (exact) mass is 303 g/mol. The second-order valence-electron chi connectivity index (χ2n) is 3.99. The molecule has 3 rings (SSSR count). The fraction of sp³-hybridized carbons (Fsp3) is 0.0769. The number of aromatic amines is 1. The van der Waals surface area contributed by atoms with Gasteiger partial charge in [0.25, 0.3) is 0 Å². The Hall–Kier alpha value is -1.92. The van der Waals surface area contributed by atoms with Gasteiger partial charge in [-0.05, 0) is 23.8 Å². The molecule has 7 heteroatoms. The third kappa shape index (κ3) is 3.15. The number of halogens is 1. The molecule has 0 unspecified atom stereocenters. The highest BCUT2D eigenvalue weighted by molar-refractivity contribution is 7.98. The molecule has 0 aliphatic carbocycles. The van der Waals surface area contributed by atoms with Gasteiger partial charge in [-0.3, -0.25) is 10.1 Å². The SMILES string of the molecule is Clc1ccc(CSc2n[nH]c(-c3cccnc3)n2)cn1. The van der Waals surface area contributed by atoms with Gasteiger partial charge in [-0.2, -0.15) is 0 Å². The van der Waals surface area contributed by atoms with E-state index in [1.807, 2.05) is 18.2 Å². The summed E-state index contributed by atoms with van der Waals surface area (Å²) in [5.41, 5.74) is 1.99. The summed E-state index contributed by atoms with van der Waals surface area (Å²) in [7, 11) is 0. The molecular weight excluding hydrogens is 294 g/mol. The van der Waals surface area contributed by atoms with E-state index in [1.54, 1.807) is 24.7 Å². The van der Waals surface area contributed by atoms with Crippen molar-refractivity contribution < 1.29 is 0 Å². The summed E-state index contributed by atoms with van der Waals surface area (Å²) in [6.07, 6.45) is 5.23. The summed E-state index contributed by atoms with van der Waals surface area (Å²) in [6, 6.07) is 7.52. The van der Waals surface area contributed by atoms with Crippen LogP contribution in [-0.4, -0.2) is 25.1 Å². The maximum absolute atomic E-state index is 5.75. The molecule has 0 radical (unpaired) electrons. The number of pyridine rings is 2. The maximum Gasteiger partial charge on any atom is 0.209 e. The van der Waals surface area contributed by atoms with Crippen LogP contribution in [0.1, 0.15) is 5.56 Å². The molecule has 0 saturated carbocycles. The quantitative estimate of drug-likeness (QED) is 0.592. The number of hydrogen-bond donors (Lipinski definition) is 1. The molecule has 5 nitrogen and oxygen atoms in total. The fourth-order valence-electron chi connectivity index (χ4n) is 1.58. The summed E-state index contributed by atoms with van der Waals surface area (Å²) in [4.78, 5) is 12.5. The standard InChI is InChI=1S/C13H10ClN5S/c14-11-4-3-9(6-16-11)8-20-13-17-12(18-19-13)10-2-1-5-15-7-10/h1-7H,8H2,(H,17,18,19). The molecule has 0 atom stereocenters.